The van der Waals surface area contributed by atoms with Crippen LogP contribution in [0.1, 0.15) is 61.7 Å². The first-order valence-electron chi connectivity index (χ1n) is 11.0. The number of esters is 1. The number of anilines is 1. The van der Waals surface area contributed by atoms with E-state index in [0.29, 0.717) is 18.2 Å². The number of hydrogen-bond acceptors (Lipinski definition) is 6. The van der Waals surface area contributed by atoms with Crippen LogP contribution in [0.4, 0.5) is 11.4 Å². The molecule has 162 valence electrons. The Kier molecular flexibility index (Phi) is 6.20. The largest absolute Gasteiger partial charge is 0.452 e. The SMILES string of the molecule is O=C(OCC(=O)N1CCC[C@@H]2CCCC[C@H]21)c1ccc(N2CCCC2)c([N+](=O)[O-])c1. The summed E-state index contributed by atoms with van der Waals surface area (Å²) in [5, 5.41) is 11.5. The number of nitro groups is 1. The summed E-state index contributed by atoms with van der Waals surface area (Å²) < 4.78 is 5.26. The van der Waals surface area contributed by atoms with E-state index >= 15 is 0 Å². The summed E-state index contributed by atoms with van der Waals surface area (Å²) in [5.41, 5.74) is 0.534. The van der Waals surface area contributed by atoms with E-state index in [0.717, 1.165) is 45.2 Å². The molecule has 0 bridgehead atoms. The molecule has 0 N–H and O–H groups in total. The Bertz CT molecular complexity index is 819. The van der Waals surface area contributed by atoms with Crippen molar-refractivity contribution in [3.05, 3.63) is 33.9 Å². The molecule has 0 spiro atoms. The van der Waals surface area contributed by atoms with Crippen LogP contribution >= 0.6 is 0 Å². The molecule has 3 aliphatic rings. The zero-order valence-electron chi connectivity index (χ0n) is 17.3. The predicted molar refractivity (Wildman–Crippen MR) is 112 cm³/mol. The van der Waals surface area contributed by atoms with E-state index in [-0.39, 0.29) is 29.8 Å². The molecular formula is C22H29N3O5. The highest BCUT2D eigenvalue weighted by molar-refractivity contribution is 5.93. The highest BCUT2D eigenvalue weighted by Crippen LogP contribution is 2.35. The average molecular weight is 415 g/mol. The van der Waals surface area contributed by atoms with Crippen LogP contribution in [0.25, 0.3) is 0 Å². The number of carbonyl (C=O) groups excluding carboxylic acids is 2. The zero-order valence-corrected chi connectivity index (χ0v) is 17.3. The van der Waals surface area contributed by atoms with Gasteiger partial charge in [0.15, 0.2) is 6.61 Å². The monoisotopic (exact) mass is 415 g/mol. The van der Waals surface area contributed by atoms with Crippen LogP contribution in [0.2, 0.25) is 0 Å². The summed E-state index contributed by atoms with van der Waals surface area (Å²) in [5.74, 6) is -0.298. The standard InChI is InChI=1S/C22H29N3O5/c26-21(24-13-5-7-16-6-1-2-8-18(16)24)15-30-22(27)17-9-10-19(20(14-17)25(28)29)23-11-3-4-12-23/h9-10,14,16,18H,1-8,11-13,15H2/t16-,18+/m0/s1. The van der Waals surface area contributed by atoms with Gasteiger partial charge in [0.25, 0.3) is 11.6 Å². The van der Waals surface area contributed by atoms with Crippen LogP contribution in [0, 0.1) is 16.0 Å². The third-order valence-electron chi connectivity index (χ3n) is 6.74. The maximum atomic E-state index is 12.7. The van der Waals surface area contributed by atoms with Gasteiger partial charge < -0.3 is 14.5 Å². The molecule has 3 fully saturated rings. The molecule has 2 saturated heterocycles. The number of piperidine rings is 1. The van der Waals surface area contributed by atoms with E-state index in [9.17, 15) is 19.7 Å². The number of likely N-dealkylation sites (tertiary alicyclic amines) is 1. The molecule has 1 aromatic carbocycles. The van der Waals surface area contributed by atoms with Gasteiger partial charge in [-0.3, -0.25) is 14.9 Å². The molecule has 0 unspecified atom stereocenters. The Morgan fingerprint density at radius 1 is 1.03 bits per heavy atom. The maximum absolute atomic E-state index is 12.7. The van der Waals surface area contributed by atoms with E-state index < -0.39 is 10.9 Å². The number of nitrogens with zero attached hydrogens (tertiary/aromatic N) is 3. The minimum Gasteiger partial charge on any atom is -0.452 e. The summed E-state index contributed by atoms with van der Waals surface area (Å²) in [6, 6.07) is 4.68. The van der Waals surface area contributed by atoms with Gasteiger partial charge in [-0.15, -0.1) is 0 Å². The van der Waals surface area contributed by atoms with Crippen molar-refractivity contribution in [2.75, 3.05) is 31.1 Å². The molecule has 0 radical (unpaired) electrons. The normalized spacial score (nSPS) is 23.7. The quantitative estimate of drug-likeness (QED) is 0.415. The average Bonchev–Trinajstić information content (AvgIpc) is 3.31. The fourth-order valence-corrected chi connectivity index (χ4v) is 5.25. The molecule has 30 heavy (non-hydrogen) atoms. The molecular weight excluding hydrogens is 386 g/mol. The minimum absolute atomic E-state index is 0.0984. The molecule has 1 amide bonds. The van der Waals surface area contributed by atoms with Crippen molar-refractivity contribution >= 4 is 23.3 Å². The number of hydrogen-bond donors (Lipinski definition) is 0. The van der Waals surface area contributed by atoms with Crippen molar-refractivity contribution in [3.8, 4) is 0 Å². The van der Waals surface area contributed by atoms with Crippen molar-refractivity contribution in [1.82, 2.24) is 4.90 Å². The van der Waals surface area contributed by atoms with Crippen LogP contribution in [-0.2, 0) is 9.53 Å². The van der Waals surface area contributed by atoms with E-state index in [1.165, 1.54) is 25.3 Å². The van der Waals surface area contributed by atoms with Crippen LogP contribution in [0.5, 0.6) is 0 Å². The van der Waals surface area contributed by atoms with Crippen molar-refractivity contribution in [2.24, 2.45) is 5.92 Å². The second-order valence-corrected chi connectivity index (χ2v) is 8.57. The Labute approximate surface area is 176 Å². The van der Waals surface area contributed by atoms with E-state index in [1.807, 2.05) is 9.80 Å². The van der Waals surface area contributed by atoms with Crippen molar-refractivity contribution in [2.45, 2.75) is 57.4 Å². The first kappa shape index (κ1) is 20.6. The first-order chi connectivity index (χ1) is 14.5. The molecule has 8 heteroatoms. The maximum Gasteiger partial charge on any atom is 0.338 e. The van der Waals surface area contributed by atoms with Gasteiger partial charge in [0.1, 0.15) is 5.69 Å². The summed E-state index contributed by atoms with van der Waals surface area (Å²) in [7, 11) is 0. The topological polar surface area (TPSA) is 93.0 Å². The molecule has 1 aromatic rings. The number of rotatable bonds is 5. The third-order valence-corrected chi connectivity index (χ3v) is 6.74. The van der Waals surface area contributed by atoms with Crippen molar-refractivity contribution in [1.29, 1.82) is 0 Å². The highest BCUT2D eigenvalue weighted by Gasteiger charge is 2.36. The van der Waals surface area contributed by atoms with Gasteiger partial charge in [0.05, 0.1) is 10.5 Å². The molecule has 8 nitrogen and oxygen atoms in total. The van der Waals surface area contributed by atoms with E-state index in [2.05, 4.69) is 0 Å². The third kappa shape index (κ3) is 4.27. The lowest BCUT2D eigenvalue weighted by Gasteiger charge is -2.44. The molecule has 1 saturated carbocycles. The van der Waals surface area contributed by atoms with Gasteiger partial charge in [-0.2, -0.15) is 0 Å². The minimum atomic E-state index is -0.698. The number of nitro benzene ring substituents is 1. The van der Waals surface area contributed by atoms with E-state index in [1.54, 1.807) is 12.1 Å². The van der Waals surface area contributed by atoms with Gasteiger partial charge in [-0.05, 0) is 56.6 Å². The van der Waals surface area contributed by atoms with Crippen molar-refractivity contribution < 1.29 is 19.2 Å². The van der Waals surface area contributed by atoms with Gasteiger partial charge in [-0.25, -0.2) is 4.79 Å². The highest BCUT2D eigenvalue weighted by atomic mass is 16.6. The van der Waals surface area contributed by atoms with Crippen LogP contribution in [0.15, 0.2) is 18.2 Å². The van der Waals surface area contributed by atoms with Crippen molar-refractivity contribution in [3.63, 3.8) is 0 Å². The number of benzene rings is 1. The zero-order chi connectivity index (χ0) is 21.1. The second-order valence-electron chi connectivity index (χ2n) is 8.57. The summed E-state index contributed by atoms with van der Waals surface area (Å²) >= 11 is 0. The van der Waals surface area contributed by atoms with Gasteiger partial charge in [0.2, 0.25) is 0 Å². The molecule has 4 rings (SSSR count). The molecule has 2 aliphatic heterocycles. The molecule has 2 atom stereocenters. The number of amides is 1. The molecule has 1 aliphatic carbocycles. The Hall–Kier alpha value is -2.64. The fourth-order valence-electron chi connectivity index (χ4n) is 5.25. The second kappa shape index (κ2) is 9.02. The van der Waals surface area contributed by atoms with Crippen LogP contribution < -0.4 is 4.90 Å². The van der Waals surface area contributed by atoms with Crippen LogP contribution in [-0.4, -0.2) is 54.0 Å². The van der Waals surface area contributed by atoms with Gasteiger partial charge >= 0.3 is 5.97 Å². The molecule has 0 aromatic heterocycles. The van der Waals surface area contributed by atoms with E-state index in [4.69, 9.17) is 4.74 Å². The summed E-state index contributed by atoms with van der Waals surface area (Å²) in [6.07, 6.45) is 8.72. The lowest BCUT2D eigenvalue weighted by Crippen LogP contribution is -2.50. The summed E-state index contributed by atoms with van der Waals surface area (Å²) in [6.45, 7) is 1.95. The number of fused-ring (bicyclic) bond motifs is 1. The number of carbonyl (C=O) groups is 2. The Balaban J connectivity index is 1.40. The first-order valence-corrected chi connectivity index (χ1v) is 11.0. The summed E-state index contributed by atoms with van der Waals surface area (Å²) in [4.78, 5) is 40.1. The Morgan fingerprint density at radius 2 is 1.77 bits per heavy atom. The van der Waals surface area contributed by atoms with Crippen LogP contribution in [0.3, 0.4) is 0 Å². The Morgan fingerprint density at radius 3 is 2.53 bits per heavy atom. The smallest absolute Gasteiger partial charge is 0.338 e. The number of ether oxygens (including phenoxy) is 1. The van der Waals surface area contributed by atoms with Gasteiger partial charge in [0, 0.05) is 31.7 Å². The fraction of sp³-hybridized carbons (Fsp3) is 0.636. The molecule has 2 heterocycles. The lowest BCUT2D eigenvalue weighted by molar-refractivity contribution is -0.384. The van der Waals surface area contributed by atoms with Gasteiger partial charge in [-0.1, -0.05) is 12.8 Å². The lowest BCUT2D eigenvalue weighted by atomic mass is 9.78. The predicted octanol–water partition coefficient (Wildman–Crippen LogP) is 3.53.